The van der Waals surface area contributed by atoms with Gasteiger partial charge in [-0.05, 0) is 62.3 Å². The first kappa shape index (κ1) is 20.7. The van der Waals surface area contributed by atoms with Crippen LogP contribution in [0.1, 0.15) is 62.3 Å². The number of hydroxylamine groups is 3. The van der Waals surface area contributed by atoms with Gasteiger partial charge in [-0.3, -0.25) is 30.0 Å². The molecule has 3 N–H and O–H groups in total. The fourth-order valence-corrected chi connectivity index (χ4v) is 1.75. The molecular weight excluding hydrogens is 298 g/mol. The van der Waals surface area contributed by atoms with Gasteiger partial charge in [0.05, 0.1) is 0 Å². The third-order valence-electron chi connectivity index (χ3n) is 3.17. The Labute approximate surface area is 136 Å². The van der Waals surface area contributed by atoms with Crippen LogP contribution in [0.15, 0.2) is 33.8 Å². The lowest BCUT2D eigenvalue weighted by Gasteiger charge is -2.20. The second-order valence-corrected chi connectivity index (χ2v) is 7.11. The number of rotatable bonds is 9. The first-order valence-electron chi connectivity index (χ1n) is 7.32. The van der Waals surface area contributed by atoms with Crippen molar-refractivity contribution < 1.29 is 13.6 Å². The maximum absolute atomic E-state index is 5.54. The summed E-state index contributed by atoms with van der Waals surface area (Å²) in [5.74, 6) is 0. The molecule has 0 saturated heterocycles. The summed E-state index contributed by atoms with van der Waals surface area (Å²) >= 11 is 0. The molecule has 6 nitrogen and oxygen atoms in total. The van der Waals surface area contributed by atoms with Crippen molar-refractivity contribution >= 4 is 9.53 Å². The molecule has 0 amide bonds. The summed E-state index contributed by atoms with van der Waals surface area (Å²) in [5, 5.41) is 0. The molecule has 7 heteroatoms. The Morgan fingerprint density at radius 3 is 0.909 bits per heavy atom. The van der Waals surface area contributed by atoms with Crippen LogP contribution in [0, 0.1) is 0 Å². The molecule has 0 aliphatic carbocycles. The summed E-state index contributed by atoms with van der Waals surface area (Å²) in [5.41, 5.74) is 14.8. The largest absolute Gasteiger partial charge is 0.550 e. The summed E-state index contributed by atoms with van der Waals surface area (Å²) < 4.78 is 16.6. The fourth-order valence-electron chi connectivity index (χ4n) is 0.788. The molecule has 0 unspecified atom stereocenters. The molecule has 0 fully saturated rings. The first-order valence-corrected chi connectivity index (χ1v) is 8.73. The van der Waals surface area contributed by atoms with Crippen LogP contribution in [-0.4, -0.2) is 9.53 Å². The van der Waals surface area contributed by atoms with Gasteiger partial charge in [-0.25, -0.2) is 0 Å². The molecule has 0 spiro atoms. The van der Waals surface area contributed by atoms with Crippen molar-refractivity contribution in [2.45, 2.75) is 62.3 Å². The van der Waals surface area contributed by atoms with E-state index < -0.39 is 9.53 Å². The molecule has 0 saturated carbocycles. The second-order valence-electron chi connectivity index (χ2n) is 5.82. The highest BCUT2D eigenvalue weighted by Crippen LogP contribution is 2.02. The average molecular weight is 330 g/mol. The van der Waals surface area contributed by atoms with Crippen LogP contribution < -0.4 is 16.4 Å². The minimum absolute atomic E-state index is 0.933. The van der Waals surface area contributed by atoms with Crippen molar-refractivity contribution in [1.29, 1.82) is 0 Å². The highest BCUT2D eigenvalue weighted by molar-refractivity contribution is 6.35. The van der Waals surface area contributed by atoms with E-state index >= 15 is 0 Å². The Bertz CT molecular complexity index is 380. The lowest BCUT2D eigenvalue weighted by molar-refractivity contribution is 0.0133. The van der Waals surface area contributed by atoms with Crippen molar-refractivity contribution in [3.8, 4) is 0 Å². The highest BCUT2D eigenvalue weighted by Gasteiger charge is 2.18. The Morgan fingerprint density at radius 2 is 0.727 bits per heavy atom. The van der Waals surface area contributed by atoms with Crippen molar-refractivity contribution in [3.63, 3.8) is 0 Å². The van der Waals surface area contributed by atoms with Crippen LogP contribution >= 0.6 is 0 Å². The lowest BCUT2D eigenvalue weighted by Crippen LogP contribution is -2.41. The van der Waals surface area contributed by atoms with Gasteiger partial charge in [0.1, 0.15) is 0 Å². The molecule has 0 aromatic heterocycles. The molecule has 0 aromatic carbocycles. The van der Waals surface area contributed by atoms with Gasteiger partial charge in [-0.2, -0.15) is 0 Å². The smallest absolute Gasteiger partial charge is 0.278 e. The average Bonchev–Trinajstić information content (AvgIpc) is 2.44. The van der Waals surface area contributed by atoms with Crippen LogP contribution in [-0.2, 0) is 13.6 Å². The van der Waals surface area contributed by atoms with Gasteiger partial charge in [0, 0.05) is 17.1 Å². The van der Waals surface area contributed by atoms with Gasteiger partial charge in [0.25, 0.3) is 0 Å². The number of nitrogens with one attached hydrogen (secondary N) is 3. The van der Waals surface area contributed by atoms with Gasteiger partial charge >= 0.3 is 9.53 Å². The number of hydrogen-bond acceptors (Lipinski definition) is 6. The van der Waals surface area contributed by atoms with Gasteiger partial charge in [0.2, 0.25) is 0 Å². The third kappa shape index (κ3) is 8.88. The van der Waals surface area contributed by atoms with Crippen molar-refractivity contribution in [2.24, 2.45) is 0 Å². The zero-order valence-electron chi connectivity index (χ0n) is 15.3. The predicted molar refractivity (Wildman–Crippen MR) is 92.0 cm³/mol. The Hall–Kier alpha value is -1.28. The first-order chi connectivity index (χ1) is 10.1. The van der Waals surface area contributed by atoms with Crippen molar-refractivity contribution in [3.05, 3.63) is 33.8 Å². The van der Waals surface area contributed by atoms with Crippen molar-refractivity contribution in [1.82, 2.24) is 16.4 Å². The van der Waals surface area contributed by atoms with Crippen molar-refractivity contribution in [2.75, 3.05) is 0 Å². The van der Waals surface area contributed by atoms with E-state index in [0.29, 0.717) is 0 Å². The molecule has 0 aliphatic heterocycles. The number of hydrogen-bond donors (Lipinski definition) is 3. The Kier molecular flexibility index (Phi) is 9.83. The van der Waals surface area contributed by atoms with Gasteiger partial charge < -0.3 is 0 Å². The highest BCUT2D eigenvalue weighted by atomic mass is 28.3. The minimum atomic E-state index is -2.46. The van der Waals surface area contributed by atoms with E-state index in [1.54, 1.807) is 0 Å². The molecule has 22 heavy (non-hydrogen) atoms. The minimum Gasteiger partial charge on any atom is -0.278 e. The van der Waals surface area contributed by atoms with E-state index in [1.165, 1.54) is 0 Å². The second kappa shape index (κ2) is 10.4. The number of allylic oxidation sites excluding steroid dienone is 6. The normalized spacial score (nSPS) is 10.1. The monoisotopic (exact) mass is 329 g/mol. The molecule has 128 valence electrons. The fraction of sp³-hybridized carbons (Fsp3) is 0.600. The van der Waals surface area contributed by atoms with E-state index in [-0.39, 0.29) is 0 Å². The Morgan fingerprint density at radius 1 is 0.500 bits per heavy atom. The Balaban J connectivity index is 4.66. The van der Waals surface area contributed by atoms with Crippen LogP contribution in [0.2, 0.25) is 0 Å². The topological polar surface area (TPSA) is 63.8 Å². The summed E-state index contributed by atoms with van der Waals surface area (Å²) in [4.78, 5) is 0. The van der Waals surface area contributed by atoms with Gasteiger partial charge in [-0.1, -0.05) is 16.7 Å². The standard InChI is InChI=1S/C15H31N3O3Si/c1-10(2)13(7)16-19-22(20-17-14(8)11(3)4)21-18-15(9)12(5)6/h16-18,22H,1-9H3. The van der Waals surface area contributed by atoms with E-state index in [9.17, 15) is 0 Å². The molecular formula is C15H31N3O3Si. The van der Waals surface area contributed by atoms with Crippen LogP contribution in [0.3, 0.4) is 0 Å². The molecule has 0 radical (unpaired) electrons. The third-order valence-corrected chi connectivity index (χ3v) is 4.11. The van der Waals surface area contributed by atoms with E-state index in [0.717, 1.165) is 33.8 Å². The maximum Gasteiger partial charge on any atom is 0.550 e. The van der Waals surface area contributed by atoms with Gasteiger partial charge in [-0.15, -0.1) is 0 Å². The van der Waals surface area contributed by atoms with Crippen LogP contribution in [0.4, 0.5) is 0 Å². The molecule has 0 bridgehead atoms. The molecule has 0 aromatic rings. The van der Waals surface area contributed by atoms with Gasteiger partial charge in [0.15, 0.2) is 0 Å². The van der Waals surface area contributed by atoms with E-state index in [1.807, 2.05) is 62.3 Å². The predicted octanol–water partition coefficient (Wildman–Crippen LogP) is 3.21. The molecule has 0 rings (SSSR count). The molecule has 0 atom stereocenters. The summed E-state index contributed by atoms with van der Waals surface area (Å²) in [6, 6.07) is 0. The SMILES string of the molecule is CC(C)=C(C)NO[SiH](ONC(C)=C(C)C)ONC(C)=C(C)C. The van der Waals surface area contributed by atoms with Crippen LogP contribution in [0.25, 0.3) is 0 Å². The van der Waals surface area contributed by atoms with E-state index in [4.69, 9.17) is 13.6 Å². The summed E-state index contributed by atoms with van der Waals surface area (Å²) in [7, 11) is -2.46. The summed E-state index contributed by atoms with van der Waals surface area (Å²) in [6.45, 7) is 17.8. The van der Waals surface area contributed by atoms with Crippen LogP contribution in [0.5, 0.6) is 0 Å². The quantitative estimate of drug-likeness (QED) is 0.446. The maximum atomic E-state index is 5.54. The zero-order chi connectivity index (χ0) is 17.3. The molecule has 0 heterocycles. The lowest BCUT2D eigenvalue weighted by atomic mass is 10.3. The summed E-state index contributed by atoms with van der Waals surface area (Å²) in [6.07, 6.45) is 0. The van der Waals surface area contributed by atoms with E-state index in [2.05, 4.69) is 16.4 Å². The molecule has 0 aliphatic rings. The zero-order valence-corrected chi connectivity index (χ0v) is 16.5.